The molecule has 0 saturated heterocycles. The van der Waals surface area contributed by atoms with Crippen LogP contribution < -0.4 is 14.2 Å². The lowest BCUT2D eigenvalue weighted by atomic mass is 10.1. The molecule has 6 nitrogen and oxygen atoms in total. The number of aromatic nitrogens is 1. The molecule has 4 aromatic rings. The van der Waals surface area contributed by atoms with Crippen LogP contribution in [0.15, 0.2) is 66.7 Å². The van der Waals surface area contributed by atoms with Gasteiger partial charge in [-0.25, -0.2) is 4.79 Å². The highest BCUT2D eigenvalue weighted by molar-refractivity contribution is 6.30. The molecule has 0 aliphatic rings. The Bertz CT molecular complexity index is 1450. The van der Waals surface area contributed by atoms with E-state index in [0.29, 0.717) is 38.9 Å². The average molecular weight is 534 g/mol. The number of nitrogens with zero attached hydrogens (tertiary/aromatic N) is 1. The largest absolute Gasteiger partial charge is 0.573 e. The zero-order chi connectivity index (χ0) is 27.0. The van der Waals surface area contributed by atoms with Crippen molar-refractivity contribution in [1.82, 2.24) is 4.57 Å². The number of halogens is 4. The third kappa shape index (κ3) is 6.11. The van der Waals surface area contributed by atoms with Gasteiger partial charge in [-0.15, -0.1) is 13.2 Å². The molecule has 1 heterocycles. The van der Waals surface area contributed by atoms with E-state index in [1.54, 1.807) is 54.0 Å². The maximum atomic E-state index is 12.9. The third-order valence-electron chi connectivity index (χ3n) is 5.63. The molecule has 1 N–H and O–H groups in total. The Morgan fingerprint density at radius 3 is 2.24 bits per heavy atom. The Morgan fingerprint density at radius 1 is 0.946 bits per heavy atom. The predicted octanol–water partition coefficient (Wildman–Crippen LogP) is 7.58. The molecule has 0 bridgehead atoms. The molecule has 0 aliphatic carbocycles. The summed E-state index contributed by atoms with van der Waals surface area (Å²) in [6.45, 7) is 4.91. The number of benzene rings is 3. The molecule has 0 unspecified atom stereocenters. The lowest BCUT2D eigenvalue weighted by molar-refractivity contribution is -0.274. The molecule has 1 aromatic heterocycles. The fourth-order valence-corrected chi connectivity index (χ4v) is 3.93. The van der Waals surface area contributed by atoms with Crippen LogP contribution in [0.1, 0.15) is 25.1 Å². The highest BCUT2D eigenvalue weighted by Gasteiger charge is 2.32. The zero-order valence-electron chi connectivity index (χ0n) is 20.1. The summed E-state index contributed by atoms with van der Waals surface area (Å²) in [7, 11) is 0. The van der Waals surface area contributed by atoms with Crippen molar-refractivity contribution in [1.29, 1.82) is 0 Å². The minimum atomic E-state index is -4.84. The van der Waals surface area contributed by atoms with E-state index in [4.69, 9.17) is 21.1 Å². The molecular formula is C27H23ClF3NO5. The van der Waals surface area contributed by atoms with Gasteiger partial charge in [0.25, 0.3) is 0 Å². The number of hydrogen-bond donors (Lipinski definition) is 1. The molecule has 0 amide bonds. The summed E-state index contributed by atoms with van der Waals surface area (Å²) >= 11 is 5.97. The fraction of sp³-hybridized carbons (Fsp3) is 0.222. The van der Waals surface area contributed by atoms with Gasteiger partial charge >= 0.3 is 12.3 Å². The Morgan fingerprint density at radius 2 is 1.59 bits per heavy atom. The monoisotopic (exact) mass is 533 g/mol. The van der Waals surface area contributed by atoms with E-state index >= 15 is 0 Å². The van der Waals surface area contributed by atoms with Gasteiger partial charge in [0.1, 0.15) is 17.2 Å². The second kappa shape index (κ2) is 9.89. The molecule has 0 fully saturated rings. The van der Waals surface area contributed by atoms with Gasteiger partial charge < -0.3 is 23.9 Å². The first kappa shape index (κ1) is 26.2. The number of ether oxygens (including phenoxy) is 3. The zero-order valence-corrected chi connectivity index (χ0v) is 20.9. The van der Waals surface area contributed by atoms with E-state index in [0.717, 1.165) is 5.56 Å². The Labute approximate surface area is 215 Å². The Balaban J connectivity index is 1.76. The van der Waals surface area contributed by atoms with Gasteiger partial charge in [0, 0.05) is 23.0 Å². The van der Waals surface area contributed by atoms with Gasteiger partial charge in [-0.1, -0.05) is 23.7 Å². The van der Waals surface area contributed by atoms with Crippen LogP contribution in [0.3, 0.4) is 0 Å². The number of fused-ring (bicyclic) bond motifs is 1. The maximum Gasteiger partial charge on any atom is 0.573 e. The van der Waals surface area contributed by atoms with Gasteiger partial charge in [-0.3, -0.25) is 0 Å². The lowest BCUT2D eigenvalue weighted by Gasteiger charge is -2.22. The number of carboxylic acids is 1. The van der Waals surface area contributed by atoms with E-state index in [-0.39, 0.29) is 12.3 Å². The van der Waals surface area contributed by atoms with Crippen molar-refractivity contribution in [3.63, 3.8) is 0 Å². The van der Waals surface area contributed by atoms with E-state index in [9.17, 15) is 23.1 Å². The Hall–Kier alpha value is -3.85. The molecule has 194 valence electrons. The second-order valence-corrected chi connectivity index (χ2v) is 9.28. The SMILES string of the molecule is Cc1c(Oc2ccc(Cl)cc2)c2ccc(OC(F)(F)F)cc2n1Cc1cccc(OC(C)(C)C(=O)O)c1. The summed E-state index contributed by atoms with van der Waals surface area (Å²) in [6.07, 6.45) is -4.84. The summed E-state index contributed by atoms with van der Waals surface area (Å²) in [5, 5.41) is 10.5. The normalized spacial score (nSPS) is 12.0. The molecule has 0 saturated carbocycles. The number of rotatable bonds is 8. The van der Waals surface area contributed by atoms with Gasteiger partial charge in [-0.05, 0) is 74.9 Å². The Kier molecular flexibility index (Phi) is 7.01. The minimum absolute atomic E-state index is 0.243. The van der Waals surface area contributed by atoms with Gasteiger partial charge in [-0.2, -0.15) is 0 Å². The number of carbonyl (C=O) groups is 1. The van der Waals surface area contributed by atoms with Crippen molar-refractivity contribution in [2.45, 2.75) is 39.3 Å². The predicted molar refractivity (Wildman–Crippen MR) is 133 cm³/mol. The van der Waals surface area contributed by atoms with Crippen LogP contribution in [0.4, 0.5) is 13.2 Å². The quantitative estimate of drug-likeness (QED) is 0.253. The number of aliphatic carboxylic acids is 1. The number of alkyl halides is 3. The third-order valence-corrected chi connectivity index (χ3v) is 5.88. The van der Waals surface area contributed by atoms with Gasteiger partial charge in [0.2, 0.25) is 0 Å². The van der Waals surface area contributed by atoms with Crippen LogP contribution in [0, 0.1) is 6.92 Å². The van der Waals surface area contributed by atoms with Gasteiger partial charge in [0.05, 0.1) is 11.2 Å². The van der Waals surface area contributed by atoms with Crippen LogP contribution in [-0.4, -0.2) is 27.6 Å². The van der Waals surface area contributed by atoms with Crippen molar-refractivity contribution < 1.29 is 37.3 Å². The molecule has 0 spiro atoms. The smallest absolute Gasteiger partial charge is 0.478 e. The minimum Gasteiger partial charge on any atom is -0.478 e. The summed E-state index contributed by atoms with van der Waals surface area (Å²) < 4.78 is 56.4. The van der Waals surface area contributed by atoms with E-state index < -0.39 is 17.9 Å². The topological polar surface area (TPSA) is 69.9 Å². The maximum absolute atomic E-state index is 12.9. The summed E-state index contributed by atoms with van der Waals surface area (Å²) in [5.74, 6) is -0.162. The van der Waals surface area contributed by atoms with Crippen LogP contribution in [-0.2, 0) is 11.3 Å². The van der Waals surface area contributed by atoms with Crippen LogP contribution in [0.25, 0.3) is 10.9 Å². The molecule has 0 aliphatic heterocycles. The van der Waals surface area contributed by atoms with E-state index in [1.165, 1.54) is 32.0 Å². The standard InChI is InChI=1S/C27H23ClF3NO5/c1-16-24(35-19-9-7-18(28)8-10-19)22-12-11-21(37-27(29,30)31)14-23(22)32(16)15-17-5-4-6-20(13-17)36-26(2,3)25(33)34/h4-14H,15H2,1-3H3,(H,33,34). The summed E-state index contributed by atoms with van der Waals surface area (Å²) in [4.78, 5) is 11.5. The molecule has 4 rings (SSSR count). The first-order valence-electron chi connectivity index (χ1n) is 11.2. The molecule has 10 heteroatoms. The lowest BCUT2D eigenvalue weighted by Crippen LogP contribution is -2.37. The molecule has 0 radical (unpaired) electrons. The van der Waals surface area contributed by atoms with Gasteiger partial charge in [0.15, 0.2) is 11.4 Å². The van der Waals surface area contributed by atoms with E-state index in [1.807, 2.05) is 6.07 Å². The molecule has 0 atom stereocenters. The van der Waals surface area contributed by atoms with Crippen molar-refractivity contribution in [3.05, 3.63) is 83.0 Å². The second-order valence-electron chi connectivity index (χ2n) is 8.85. The van der Waals surface area contributed by atoms with Crippen molar-refractivity contribution in [3.8, 4) is 23.0 Å². The van der Waals surface area contributed by atoms with Crippen LogP contribution >= 0.6 is 11.6 Å². The van der Waals surface area contributed by atoms with Crippen LogP contribution in [0.5, 0.6) is 23.0 Å². The summed E-state index contributed by atoms with van der Waals surface area (Å²) in [6, 6.07) is 17.6. The summed E-state index contributed by atoms with van der Waals surface area (Å²) in [5.41, 5.74) is 0.406. The number of hydrogen-bond acceptors (Lipinski definition) is 4. The molecular weight excluding hydrogens is 511 g/mol. The molecule has 3 aromatic carbocycles. The van der Waals surface area contributed by atoms with Crippen molar-refractivity contribution >= 4 is 28.5 Å². The molecule has 37 heavy (non-hydrogen) atoms. The number of carboxylic acid groups (broad SMARTS) is 1. The highest BCUT2D eigenvalue weighted by Crippen LogP contribution is 2.39. The van der Waals surface area contributed by atoms with Crippen molar-refractivity contribution in [2.75, 3.05) is 0 Å². The van der Waals surface area contributed by atoms with Crippen molar-refractivity contribution in [2.24, 2.45) is 0 Å². The van der Waals surface area contributed by atoms with Crippen LogP contribution in [0.2, 0.25) is 5.02 Å². The highest BCUT2D eigenvalue weighted by atomic mass is 35.5. The fourth-order valence-electron chi connectivity index (χ4n) is 3.80. The first-order chi connectivity index (χ1) is 17.3. The average Bonchev–Trinajstić information content (AvgIpc) is 3.04. The van der Waals surface area contributed by atoms with E-state index in [2.05, 4.69) is 4.74 Å². The first-order valence-corrected chi connectivity index (χ1v) is 11.5.